The molecule has 0 radical (unpaired) electrons. The topological polar surface area (TPSA) is 79.7 Å². The number of rotatable bonds is 4. The third-order valence-corrected chi connectivity index (χ3v) is 4.45. The lowest BCUT2D eigenvalue weighted by Gasteiger charge is -2.22. The van der Waals surface area contributed by atoms with Gasteiger partial charge in [0.2, 0.25) is 0 Å². The molecule has 0 saturated carbocycles. The molecule has 1 atom stereocenters. The van der Waals surface area contributed by atoms with Crippen molar-refractivity contribution in [3.8, 4) is 0 Å². The first-order chi connectivity index (χ1) is 11.5. The minimum atomic E-state index is -0.812. The second-order valence-electron chi connectivity index (χ2n) is 5.94. The van der Waals surface area contributed by atoms with Crippen molar-refractivity contribution in [3.63, 3.8) is 0 Å². The van der Waals surface area contributed by atoms with E-state index in [2.05, 4.69) is 4.98 Å². The third kappa shape index (κ3) is 2.79. The zero-order valence-corrected chi connectivity index (χ0v) is 13.8. The van der Waals surface area contributed by atoms with E-state index < -0.39 is 17.9 Å². The number of carboxylic acid groups (broad SMARTS) is 1. The first kappa shape index (κ1) is 16.2. The highest BCUT2D eigenvalue weighted by Gasteiger charge is 2.32. The molecule has 1 unspecified atom stereocenters. The van der Waals surface area contributed by atoms with Gasteiger partial charge in [-0.1, -0.05) is 18.2 Å². The van der Waals surface area contributed by atoms with Gasteiger partial charge < -0.3 is 14.7 Å². The van der Waals surface area contributed by atoms with Gasteiger partial charge in [0.1, 0.15) is 11.4 Å². The molecule has 0 amide bonds. The van der Waals surface area contributed by atoms with E-state index in [9.17, 15) is 14.7 Å². The van der Waals surface area contributed by atoms with Crippen LogP contribution in [0.1, 0.15) is 29.3 Å². The van der Waals surface area contributed by atoms with Crippen molar-refractivity contribution in [2.75, 3.05) is 24.6 Å². The molecule has 0 bridgehead atoms. The molecule has 6 heteroatoms. The summed E-state index contributed by atoms with van der Waals surface area (Å²) in [5.41, 5.74) is 2.03. The van der Waals surface area contributed by atoms with Crippen LogP contribution in [0.4, 0.5) is 5.82 Å². The number of aliphatic carboxylic acids is 1. The minimum absolute atomic E-state index is 0.280. The van der Waals surface area contributed by atoms with Gasteiger partial charge in [-0.15, -0.1) is 0 Å². The molecule has 0 aliphatic carbocycles. The van der Waals surface area contributed by atoms with Crippen molar-refractivity contribution in [2.24, 2.45) is 5.92 Å². The Kier molecular flexibility index (Phi) is 4.38. The quantitative estimate of drug-likeness (QED) is 0.869. The van der Waals surface area contributed by atoms with Crippen molar-refractivity contribution >= 4 is 28.7 Å². The molecule has 1 aliphatic heterocycles. The van der Waals surface area contributed by atoms with Crippen molar-refractivity contribution in [1.82, 2.24) is 4.98 Å². The fourth-order valence-electron chi connectivity index (χ4n) is 3.19. The van der Waals surface area contributed by atoms with Gasteiger partial charge in [0.15, 0.2) is 0 Å². The van der Waals surface area contributed by atoms with E-state index in [0.717, 1.165) is 16.5 Å². The number of hydrogen-bond acceptors (Lipinski definition) is 5. The molecule has 2 heterocycles. The summed E-state index contributed by atoms with van der Waals surface area (Å²) in [5.74, 6) is -1.14. The van der Waals surface area contributed by atoms with E-state index in [1.807, 2.05) is 36.1 Å². The zero-order chi connectivity index (χ0) is 17.3. The summed E-state index contributed by atoms with van der Waals surface area (Å²) in [7, 11) is 0. The number of carbonyl (C=O) groups is 2. The summed E-state index contributed by atoms with van der Waals surface area (Å²) in [5, 5.41) is 10.1. The van der Waals surface area contributed by atoms with Crippen LogP contribution in [-0.2, 0) is 9.53 Å². The highest BCUT2D eigenvalue weighted by atomic mass is 16.5. The summed E-state index contributed by atoms with van der Waals surface area (Å²) in [6.45, 7) is 4.84. The van der Waals surface area contributed by atoms with Gasteiger partial charge >= 0.3 is 11.9 Å². The van der Waals surface area contributed by atoms with E-state index in [-0.39, 0.29) is 6.61 Å². The Morgan fingerprint density at radius 3 is 2.79 bits per heavy atom. The molecule has 1 aromatic heterocycles. The Morgan fingerprint density at radius 1 is 1.38 bits per heavy atom. The number of carboxylic acids is 1. The number of para-hydroxylation sites is 1. The summed E-state index contributed by atoms with van der Waals surface area (Å²) in [6.07, 6.45) is 0.547. The number of aromatic nitrogens is 1. The van der Waals surface area contributed by atoms with Gasteiger partial charge in [0, 0.05) is 18.5 Å². The SMILES string of the molecule is CCOC(=O)c1c(N2CCC(C(=O)O)C2)nc2ccccc2c1C. The first-order valence-corrected chi connectivity index (χ1v) is 8.07. The van der Waals surface area contributed by atoms with E-state index >= 15 is 0 Å². The maximum absolute atomic E-state index is 12.5. The number of fused-ring (bicyclic) bond motifs is 1. The molecule has 2 aromatic rings. The minimum Gasteiger partial charge on any atom is -0.481 e. The maximum Gasteiger partial charge on any atom is 0.342 e. The summed E-state index contributed by atoms with van der Waals surface area (Å²) < 4.78 is 5.21. The van der Waals surface area contributed by atoms with Crippen LogP contribution >= 0.6 is 0 Å². The summed E-state index contributed by atoms with van der Waals surface area (Å²) >= 11 is 0. The van der Waals surface area contributed by atoms with Crippen LogP contribution < -0.4 is 4.90 Å². The van der Waals surface area contributed by atoms with Crippen LogP contribution in [0.15, 0.2) is 24.3 Å². The predicted molar refractivity (Wildman–Crippen MR) is 90.4 cm³/mol. The molecule has 1 fully saturated rings. The van der Waals surface area contributed by atoms with E-state index in [0.29, 0.717) is 30.9 Å². The standard InChI is InChI=1S/C18H20N2O4/c1-3-24-18(23)15-11(2)13-6-4-5-7-14(13)19-16(15)20-9-8-12(10-20)17(21)22/h4-7,12H,3,8-10H2,1-2H3,(H,21,22). The van der Waals surface area contributed by atoms with Crippen LogP contribution in [0.25, 0.3) is 10.9 Å². The van der Waals surface area contributed by atoms with E-state index in [4.69, 9.17) is 4.74 Å². The van der Waals surface area contributed by atoms with Crippen LogP contribution in [0.3, 0.4) is 0 Å². The maximum atomic E-state index is 12.5. The fraction of sp³-hybridized carbons (Fsp3) is 0.389. The molecule has 6 nitrogen and oxygen atoms in total. The Morgan fingerprint density at radius 2 is 2.12 bits per heavy atom. The smallest absolute Gasteiger partial charge is 0.342 e. The van der Waals surface area contributed by atoms with Gasteiger partial charge in [0.25, 0.3) is 0 Å². The second kappa shape index (κ2) is 6.47. The first-order valence-electron chi connectivity index (χ1n) is 8.07. The van der Waals surface area contributed by atoms with Gasteiger partial charge in [0.05, 0.1) is 18.0 Å². The molecule has 3 rings (SSSR count). The lowest BCUT2D eigenvalue weighted by Crippen LogP contribution is -2.26. The zero-order valence-electron chi connectivity index (χ0n) is 13.8. The fourth-order valence-corrected chi connectivity index (χ4v) is 3.19. The Balaban J connectivity index is 2.13. The normalized spacial score (nSPS) is 17.2. The van der Waals surface area contributed by atoms with Crippen molar-refractivity contribution in [2.45, 2.75) is 20.3 Å². The molecule has 1 saturated heterocycles. The lowest BCUT2D eigenvalue weighted by atomic mass is 10.0. The van der Waals surface area contributed by atoms with Crippen molar-refractivity contribution < 1.29 is 19.4 Å². The molecular weight excluding hydrogens is 308 g/mol. The average molecular weight is 328 g/mol. The second-order valence-corrected chi connectivity index (χ2v) is 5.94. The predicted octanol–water partition coefficient (Wildman–Crippen LogP) is 2.63. The number of esters is 1. The molecule has 1 N–H and O–H groups in total. The molecule has 0 spiro atoms. The highest BCUT2D eigenvalue weighted by Crippen LogP contribution is 2.32. The number of anilines is 1. The van der Waals surface area contributed by atoms with Gasteiger partial charge in [-0.25, -0.2) is 9.78 Å². The molecule has 24 heavy (non-hydrogen) atoms. The lowest BCUT2D eigenvalue weighted by molar-refractivity contribution is -0.140. The number of hydrogen-bond donors (Lipinski definition) is 1. The Hall–Kier alpha value is -2.63. The number of ether oxygens (including phenoxy) is 1. The van der Waals surface area contributed by atoms with E-state index in [1.54, 1.807) is 6.92 Å². The number of nitrogens with zero attached hydrogens (tertiary/aromatic N) is 2. The Labute approximate surface area is 140 Å². The van der Waals surface area contributed by atoms with Gasteiger partial charge in [-0.2, -0.15) is 0 Å². The number of pyridine rings is 1. The van der Waals surface area contributed by atoms with E-state index in [1.165, 1.54) is 0 Å². The van der Waals surface area contributed by atoms with Crippen LogP contribution in [-0.4, -0.2) is 41.7 Å². The molecule has 126 valence electrons. The van der Waals surface area contributed by atoms with Gasteiger partial charge in [-0.3, -0.25) is 4.79 Å². The van der Waals surface area contributed by atoms with Crippen LogP contribution in [0.2, 0.25) is 0 Å². The summed E-state index contributed by atoms with van der Waals surface area (Å²) in [6, 6.07) is 7.62. The molecule has 1 aliphatic rings. The highest BCUT2D eigenvalue weighted by molar-refractivity contribution is 6.02. The van der Waals surface area contributed by atoms with Crippen molar-refractivity contribution in [3.05, 3.63) is 35.4 Å². The Bertz CT molecular complexity index is 803. The van der Waals surface area contributed by atoms with Gasteiger partial charge in [-0.05, 0) is 31.9 Å². The van der Waals surface area contributed by atoms with Crippen LogP contribution in [0, 0.1) is 12.8 Å². The molecule has 1 aromatic carbocycles. The number of carbonyl (C=O) groups excluding carboxylic acids is 1. The molecular formula is C18H20N2O4. The monoisotopic (exact) mass is 328 g/mol. The van der Waals surface area contributed by atoms with Crippen molar-refractivity contribution in [1.29, 1.82) is 0 Å². The van der Waals surface area contributed by atoms with Crippen LogP contribution in [0.5, 0.6) is 0 Å². The third-order valence-electron chi connectivity index (χ3n) is 4.45. The largest absolute Gasteiger partial charge is 0.481 e. The summed E-state index contributed by atoms with van der Waals surface area (Å²) in [4.78, 5) is 30.3. The number of aryl methyl sites for hydroxylation is 1. The number of benzene rings is 1. The average Bonchev–Trinajstić information content (AvgIpc) is 3.05.